The zero-order valence-electron chi connectivity index (χ0n) is 14.5. The molecule has 0 fully saturated rings. The fraction of sp³-hybridized carbons (Fsp3) is 0.211. The van der Waals surface area contributed by atoms with E-state index in [1.807, 2.05) is 37.4 Å². The molecule has 2 aromatic carbocycles. The van der Waals surface area contributed by atoms with Gasteiger partial charge in [-0.15, -0.1) is 0 Å². The summed E-state index contributed by atoms with van der Waals surface area (Å²) in [4.78, 5) is 15.8. The summed E-state index contributed by atoms with van der Waals surface area (Å²) in [6, 6.07) is 12.6. The number of nitrogens with one attached hydrogen (secondary N) is 2. The van der Waals surface area contributed by atoms with Gasteiger partial charge in [0, 0.05) is 28.7 Å². The normalized spacial score (nSPS) is 16.7. The molecule has 1 aromatic heterocycles. The number of nitrogens with zero attached hydrogens (tertiary/aromatic N) is 1. The second-order valence-electron chi connectivity index (χ2n) is 6.65. The van der Waals surface area contributed by atoms with Crippen molar-refractivity contribution in [1.29, 1.82) is 0 Å². The molecule has 0 bridgehead atoms. The zero-order chi connectivity index (χ0) is 18.5. The topological polar surface area (TPSA) is 82.3 Å². The first kappa shape index (κ1) is 16.7. The minimum atomic E-state index is -3.34. The molecule has 1 aliphatic heterocycles. The smallest absolute Gasteiger partial charge is 0.255 e. The molecular formula is C19H19N3O3S. The van der Waals surface area contributed by atoms with Gasteiger partial charge >= 0.3 is 0 Å². The molecule has 0 spiro atoms. The highest BCUT2D eigenvalue weighted by Gasteiger charge is 2.32. The molecular weight excluding hydrogens is 350 g/mol. The summed E-state index contributed by atoms with van der Waals surface area (Å²) >= 11 is 0. The van der Waals surface area contributed by atoms with Crippen LogP contribution in [0.2, 0.25) is 0 Å². The highest BCUT2D eigenvalue weighted by molar-refractivity contribution is 7.92. The van der Waals surface area contributed by atoms with Crippen molar-refractivity contribution in [2.45, 2.75) is 19.4 Å². The SMILES string of the molecule is C[C@@H]1Cc2cc(C(=O)Nc3cccc4[nH]ccc34)ccc2N1S(C)(=O)=O. The molecule has 26 heavy (non-hydrogen) atoms. The number of hydrogen-bond acceptors (Lipinski definition) is 3. The monoisotopic (exact) mass is 369 g/mol. The zero-order valence-corrected chi connectivity index (χ0v) is 15.3. The quantitative estimate of drug-likeness (QED) is 0.744. The summed E-state index contributed by atoms with van der Waals surface area (Å²) in [5.41, 5.74) is 3.73. The molecule has 0 aliphatic carbocycles. The summed E-state index contributed by atoms with van der Waals surface area (Å²) in [5, 5.41) is 3.88. The van der Waals surface area contributed by atoms with Gasteiger partial charge in [-0.1, -0.05) is 6.07 Å². The van der Waals surface area contributed by atoms with Crippen LogP contribution in [-0.2, 0) is 16.4 Å². The minimum absolute atomic E-state index is 0.146. The Labute approximate surface area is 151 Å². The Bertz CT molecular complexity index is 1120. The van der Waals surface area contributed by atoms with E-state index in [1.165, 1.54) is 10.6 Å². The molecule has 134 valence electrons. The first-order valence-corrected chi connectivity index (χ1v) is 10.2. The summed E-state index contributed by atoms with van der Waals surface area (Å²) in [7, 11) is -3.34. The van der Waals surface area contributed by atoms with Crippen molar-refractivity contribution < 1.29 is 13.2 Å². The Morgan fingerprint density at radius 2 is 2.04 bits per heavy atom. The maximum atomic E-state index is 12.7. The number of hydrogen-bond donors (Lipinski definition) is 2. The van der Waals surface area contributed by atoms with Gasteiger partial charge in [0.25, 0.3) is 5.91 Å². The molecule has 0 saturated carbocycles. The van der Waals surface area contributed by atoms with Crippen LogP contribution in [0, 0.1) is 0 Å². The van der Waals surface area contributed by atoms with Gasteiger partial charge < -0.3 is 10.3 Å². The third-order valence-corrected chi connectivity index (χ3v) is 5.97. The summed E-state index contributed by atoms with van der Waals surface area (Å²) in [5.74, 6) is -0.216. The second-order valence-corrected chi connectivity index (χ2v) is 8.51. The van der Waals surface area contributed by atoms with Gasteiger partial charge in [0.1, 0.15) is 0 Å². The van der Waals surface area contributed by atoms with Crippen LogP contribution in [-0.4, -0.2) is 31.6 Å². The van der Waals surface area contributed by atoms with Gasteiger partial charge in [-0.05, 0) is 55.3 Å². The van der Waals surface area contributed by atoms with Crippen molar-refractivity contribution in [3.8, 4) is 0 Å². The van der Waals surface area contributed by atoms with Crippen LogP contribution in [0.4, 0.5) is 11.4 Å². The van der Waals surface area contributed by atoms with E-state index in [0.717, 1.165) is 22.2 Å². The Morgan fingerprint density at radius 1 is 1.23 bits per heavy atom. The van der Waals surface area contributed by atoms with E-state index in [1.54, 1.807) is 18.2 Å². The lowest BCUT2D eigenvalue weighted by molar-refractivity contribution is 0.102. The maximum Gasteiger partial charge on any atom is 0.255 e. The largest absolute Gasteiger partial charge is 0.361 e. The number of carbonyl (C=O) groups is 1. The van der Waals surface area contributed by atoms with Gasteiger partial charge in [0.2, 0.25) is 10.0 Å². The van der Waals surface area contributed by atoms with Crippen LogP contribution in [0.3, 0.4) is 0 Å². The van der Waals surface area contributed by atoms with Gasteiger partial charge in [0.05, 0.1) is 17.6 Å². The van der Waals surface area contributed by atoms with Crippen molar-refractivity contribution in [3.63, 3.8) is 0 Å². The second kappa shape index (κ2) is 5.88. The highest BCUT2D eigenvalue weighted by atomic mass is 32.2. The van der Waals surface area contributed by atoms with Gasteiger partial charge in [-0.3, -0.25) is 9.10 Å². The fourth-order valence-electron chi connectivity index (χ4n) is 3.64. The van der Waals surface area contributed by atoms with E-state index < -0.39 is 10.0 Å². The lowest BCUT2D eigenvalue weighted by atomic mass is 10.1. The number of sulfonamides is 1. The van der Waals surface area contributed by atoms with Gasteiger partial charge in [-0.2, -0.15) is 0 Å². The maximum absolute atomic E-state index is 12.7. The first-order chi connectivity index (χ1) is 12.3. The van der Waals surface area contributed by atoms with Crippen molar-refractivity contribution in [3.05, 3.63) is 59.8 Å². The van der Waals surface area contributed by atoms with E-state index in [9.17, 15) is 13.2 Å². The van der Waals surface area contributed by atoms with Crippen LogP contribution in [0.1, 0.15) is 22.8 Å². The van der Waals surface area contributed by atoms with Crippen LogP contribution in [0.25, 0.3) is 10.9 Å². The molecule has 2 heterocycles. The number of rotatable bonds is 3. The van der Waals surface area contributed by atoms with Gasteiger partial charge in [0.15, 0.2) is 0 Å². The van der Waals surface area contributed by atoms with Crippen LogP contribution >= 0.6 is 0 Å². The molecule has 0 unspecified atom stereocenters. The third kappa shape index (κ3) is 2.74. The molecule has 6 nitrogen and oxygen atoms in total. The summed E-state index contributed by atoms with van der Waals surface area (Å²) in [6.07, 6.45) is 3.63. The Hall–Kier alpha value is -2.80. The van der Waals surface area contributed by atoms with Gasteiger partial charge in [-0.25, -0.2) is 8.42 Å². The molecule has 1 amide bonds. The van der Waals surface area contributed by atoms with Crippen LogP contribution < -0.4 is 9.62 Å². The van der Waals surface area contributed by atoms with Crippen molar-refractivity contribution in [2.24, 2.45) is 0 Å². The highest BCUT2D eigenvalue weighted by Crippen LogP contribution is 2.35. The molecule has 2 N–H and O–H groups in total. The molecule has 7 heteroatoms. The lowest BCUT2D eigenvalue weighted by Gasteiger charge is -2.21. The fourth-order valence-corrected chi connectivity index (χ4v) is 4.90. The summed E-state index contributed by atoms with van der Waals surface area (Å²) in [6.45, 7) is 1.87. The number of benzene rings is 2. The molecule has 0 radical (unpaired) electrons. The molecule has 3 aromatic rings. The predicted octanol–water partition coefficient (Wildman–Crippen LogP) is 3.13. The van der Waals surface area contributed by atoms with Crippen molar-refractivity contribution in [2.75, 3.05) is 15.9 Å². The van der Waals surface area contributed by atoms with E-state index in [0.29, 0.717) is 17.7 Å². The summed E-state index contributed by atoms with van der Waals surface area (Å²) < 4.78 is 25.4. The predicted molar refractivity (Wildman–Crippen MR) is 103 cm³/mol. The third-order valence-electron chi connectivity index (χ3n) is 4.70. The Morgan fingerprint density at radius 3 is 2.81 bits per heavy atom. The van der Waals surface area contributed by atoms with Crippen LogP contribution in [0.5, 0.6) is 0 Å². The minimum Gasteiger partial charge on any atom is -0.361 e. The molecule has 1 aliphatic rings. The van der Waals surface area contributed by atoms with Crippen LogP contribution in [0.15, 0.2) is 48.7 Å². The average Bonchev–Trinajstić information content (AvgIpc) is 3.17. The lowest BCUT2D eigenvalue weighted by Crippen LogP contribution is -2.34. The number of aromatic nitrogens is 1. The number of fused-ring (bicyclic) bond motifs is 2. The van der Waals surface area contributed by atoms with E-state index in [-0.39, 0.29) is 11.9 Å². The average molecular weight is 369 g/mol. The Balaban J connectivity index is 1.65. The number of aromatic amines is 1. The van der Waals surface area contributed by atoms with E-state index in [4.69, 9.17) is 0 Å². The number of anilines is 2. The number of amides is 1. The van der Waals surface area contributed by atoms with Crippen molar-refractivity contribution >= 4 is 38.2 Å². The van der Waals surface area contributed by atoms with Crippen molar-refractivity contribution in [1.82, 2.24) is 4.98 Å². The van der Waals surface area contributed by atoms with E-state index >= 15 is 0 Å². The standard InChI is InChI=1S/C19H19N3O3S/c1-12-10-14-11-13(6-7-18(14)22(12)26(2,24)25)19(23)21-17-5-3-4-16-15(17)8-9-20-16/h3-9,11-12,20H,10H2,1-2H3,(H,21,23)/t12-/m1/s1. The first-order valence-electron chi connectivity index (χ1n) is 8.34. The number of H-pyrrole nitrogens is 1. The molecule has 4 rings (SSSR count). The molecule has 0 saturated heterocycles. The Kier molecular flexibility index (Phi) is 3.77. The van der Waals surface area contributed by atoms with E-state index in [2.05, 4.69) is 10.3 Å². The molecule has 1 atom stereocenters. The number of carbonyl (C=O) groups excluding carboxylic acids is 1.